The molecule has 0 fully saturated rings. The van der Waals surface area contributed by atoms with E-state index in [4.69, 9.17) is 5.73 Å². The molecule has 2 rings (SSSR count). The van der Waals surface area contributed by atoms with E-state index in [0.29, 0.717) is 25.9 Å². The Labute approximate surface area is 129 Å². The topological polar surface area (TPSA) is 92.9 Å². The van der Waals surface area contributed by atoms with E-state index in [0.717, 1.165) is 11.0 Å². The van der Waals surface area contributed by atoms with Gasteiger partial charge in [-0.3, -0.25) is 9.36 Å². The van der Waals surface area contributed by atoms with Crippen molar-refractivity contribution in [2.45, 2.75) is 32.4 Å². The van der Waals surface area contributed by atoms with Crippen LogP contribution in [0, 0.1) is 0 Å². The Kier molecular flexibility index (Phi) is 6.45. The van der Waals surface area contributed by atoms with Crippen LogP contribution in [0.25, 0.3) is 11.0 Å². The third-order valence-corrected chi connectivity index (χ3v) is 3.17. The van der Waals surface area contributed by atoms with Gasteiger partial charge in [0.1, 0.15) is 0 Å². The molecule has 0 spiro atoms. The fourth-order valence-electron chi connectivity index (χ4n) is 2.08. The highest BCUT2D eigenvalue weighted by Crippen LogP contribution is 2.08. The number of hydrogen-bond donors (Lipinski definition) is 3. The standard InChI is InChI=1S/C14H20N4O2.ClH/c1-10(15)6-7-13(19)16-8-9-18-12-5-3-2-4-11(12)17-14(18)20;/h2-5,10H,6-9,15H2,1H3,(H,16,19)(H,17,20);1H. The van der Waals surface area contributed by atoms with Crippen molar-refractivity contribution in [1.29, 1.82) is 0 Å². The maximum absolute atomic E-state index is 11.8. The van der Waals surface area contributed by atoms with Gasteiger partial charge in [-0.25, -0.2) is 4.79 Å². The molecule has 7 heteroatoms. The summed E-state index contributed by atoms with van der Waals surface area (Å²) in [6, 6.07) is 7.52. The third kappa shape index (κ3) is 4.61. The van der Waals surface area contributed by atoms with E-state index in [1.54, 1.807) is 4.57 Å². The minimum absolute atomic E-state index is 0. The van der Waals surface area contributed by atoms with E-state index >= 15 is 0 Å². The van der Waals surface area contributed by atoms with Gasteiger partial charge in [0.05, 0.1) is 11.0 Å². The number of fused-ring (bicyclic) bond motifs is 1. The maximum Gasteiger partial charge on any atom is 0.326 e. The highest BCUT2D eigenvalue weighted by molar-refractivity contribution is 5.85. The van der Waals surface area contributed by atoms with E-state index in [9.17, 15) is 9.59 Å². The summed E-state index contributed by atoms with van der Waals surface area (Å²) < 4.78 is 1.63. The van der Waals surface area contributed by atoms with E-state index in [1.807, 2.05) is 31.2 Å². The van der Waals surface area contributed by atoms with Crippen molar-refractivity contribution in [1.82, 2.24) is 14.9 Å². The molecule has 6 nitrogen and oxygen atoms in total. The number of aromatic amines is 1. The highest BCUT2D eigenvalue weighted by Gasteiger charge is 2.07. The average Bonchev–Trinajstić information content (AvgIpc) is 2.73. The molecule has 1 amide bonds. The third-order valence-electron chi connectivity index (χ3n) is 3.17. The average molecular weight is 313 g/mol. The zero-order chi connectivity index (χ0) is 14.5. The number of carbonyl (C=O) groups excluding carboxylic acids is 1. The predicted molar refractivity (Wildman–Crippen MR) is 85.7 cm³/mol. The molecule has 0 aliphatic rings. The largest absolute Gasteiger partial charge is 0.354 e. The summed E-state index contributed by atoms with van der Waals surface area (Å²) in [6.45, 7) is 2.76. The number of aromatic nitrogens is 2. The molecule has 0 aliphatic carbocycles. The van der Waals surface area contributed by atoms with Gasteiger partial charge < -0.3 is 16.0 Å². The first-order valence-electron chi connectivity index (χ1n) is 6.78. The summed E-state index contributed by atoms with van der Waals surface area (Å²) in [5.41, 5.74) is 7.10. The molecule has 21 heavy (non-hydrogen) atoms. The van der Waals surface area contributed by atoms with Crippen molar-refractivity contribution in [2.75, 3.05) is 6.54 Å². The summed E-state index contributed by atoms with van der Waals surface area (Å²) >= 11 is 0. The Morgan fingerprint density at radius 2 is 2.14 bits per heavy atom. The number of nitrogens with zero attached hydrogens (tertiary/aromatic N) is 1. The summed E-state index contributed by atoms with van der Waals surface area (Å²) in [5, 5.41) is 2.80. The van der Waals surface area contributed by atoms with Gasteiger partial charge in [-0.1, -0.05) is 12.1 Å². The first kappa shape index (κ1) is 17.3. The molecule has 2 aromatic rings. The number of halogens is 1. The molecule has 0 radical (unpaired) electrons. The summed E-state index contributed by atoms with van der Waals surface area (Å²) in [5.74, 6) is -0.0322. The Morgan fingerprint density at radius 3 is 2.86 bits per heavy atom. The molecule has 1 unspecified atom stereocenters. The van der Waals surface area contributed by atoms with Crippen LogP contribution in [-0.4, -0.2) is 28.0 Å². The molecule has 1 heterocycles. The minimum Gasteiger partial charge on any atom is -0.354 e. The van der Waals surface area contributed by atoms with Crippen molar-refractivity contribution in [2.24, 2.45) is 5.73 Å². The van der Waals surface area contributed by atoms with E-state index in [2.05, 4.69) is 10.3 Å². The highest BCUT2D eigenvalue weighted by atomic mass is 35.5. The van der Waals surface area contributed by atoms with Gasteiger partial charge in [0, 0.05) is 25.6 Å². The van der Waals surface area contributed by atoms with Gasteiger partial charge in [0.15, 0.2) is 0 Å². The van der Waals surface area contributed by atoms with E-state index in [-0.39, 0.29) is 30.0 Å². The second-order valence-corrected chi connectivity index (χ2v) is 4.96. The van der Waals surface area contributed by atoms with Crippen LogP contribution in [0.1, 0.15) is 19.8 Å². The second-order valence-electron chi connectivity index (χ2n) is 4.96. The van der Waals surface area contributed by atoms with Crippen LogP contribution in [-0.2, 0) is 11.3 Å². The number of nitrogens with one attached hydrogen (secondary N) is 2. The zero-order valence-electron chi connectivity index (χ0n) is 12.0. The van der Waals surface area contributed by atoms with Gasteiger partial charge in [-0.05, 0) is 25.5 Å². The molecule has 0 bridgehead atoms. The number of amides is 1. The van der Waals surface area contributed by atoms with Crippen molar-refractivity contribution in [3.05, 3.63) is 34.7 Å². The maximum atomic E-state index is 11.8. The first-order chi connectivity index (χ1) is 9.58. The monoisotopic (exact) mass is 312 g/mol. The van der Waals surface area contributed by atoms with Crippen LogP contribution in [0.5, 0.6) is 0 Å². The van der Waals surface area contributed by atoms with Gasteiger partial charge >= 0.3 is 5.69 Å². The molecule has 1 aromatic carbocycles. The molecular weight excluding hydrogens is 292 g/mol. The van der Waals surface area contributed by atoms with Gasteiger partial charge in [-0.15, -0.1) is 12.4 Å². The lowest BCUT2D eigenvalue weighted by atomic mass is 10.2. The summed E-state index contributed by atoms with van der Waals surface area (Å²) in [7, 11) is 0. The molecule has 0 aliphatic heterocycles. The first-order valence-corrected chi connectivity index (χ1v) is 6.78. The predicted octanol–water partition coefficient (Wildman–Crippen LogP) is 0.995. The fraction of sp³-hybridized carbons (Fsp3) is 0.429. The number of benzene rings is 1. The lowest BCUT2D eigenvalue weighted by Gasteiger charge is -2.07. The normalized spacial score (nSPS) is 11.9. The smallest absolute Gasteiger partial charge is 0.326 e. The molecule has 4 N–H and O–H groups in total. The Hall–Kier alpha value is -1.79. The lowest BCUT2D eigenvalue weighted by molar-refractivity contribution is -0.121. The number of carbonyl (C=O) groups is 1. The minimum atomic E-state index is -0.156. The zero-order valence-corrected chi connectivity index (χ0v) is 12.8. The number of nitrogens with two attached hydrogens (primary N) is 1. The second kappa shape index (κ2) is 7.85. The molecule has 0 saturated heterocycles. The number of para-hydroxylation sites is 2. The Bertz CT molecular complexity index is 648. The Morgan fingerprint density at radius 1 is 1.43 bits per heavy atom. The SMILES string of the molecule is CC(N)CCC(=O)NCCn1c(=O)[nH]c2ccccc21.Cl. The van der Waals surface area contributed by atoms with Crippen molar-refractivity contribution < 1.29 is 4.79 Å². The van der Waals surface area contributed by atoms with Crippen LogP contribution in [0.2, 0.25) is 0 Å². The molecule has 1 aromatic heterocycles. The van der Waals surface area contributed by atoms with Crippen molar-refractivity contribution >= 4 is 29.3 Å². The van der Waals surface area contributed by atoms with Crippen molar-refractivity contribution in [3.8, 4) is 0 Å². The number of hydrogen-bond acceptors (Lipinski definition) is 3. The van der Waals surface area contributed by atoms with Crippen LogP contribution in [0.4, 0.5) is 0 Å². The quantitative estimate of drug-likeness (QED) is 0.742. The van der Waals surface area contributed by atoms with Crippen LogP contribution >= 0.6 is 12.4 Å². The van der Waals surface area contributed by atoms with E-state index in [1.165, 1.54) is 0 Å². The molecular formula is C14H21ClN4O2. The fourth-order valence-corrected chi connectivity index (χ4v) is 2.08. The van der Waals surface area contributed by atoms with Gasteiger partial charge in [-0.2, -0.15) is 0 Å². The molecule has 116 valence electrons. The van der Waals surface area contributed by atoms with E-state index < -0.39 is 0 Å². The number of H-pyrrole nitrogens is 1. The van der Waals surface area contributed by atoms with Gasteiger partial charge in [0.2, 0.25) is 5.91 Å². The molecule has 0 saturated carbocycles. The van der Waals surface area contributed by atoms with Gasteiger partial charge in [0.25, 0.3) is 0 Å². The van der Waals surface area contributed by atoms with Crippen molar-refractivity contribution in [3.63, 3.8) is 0 Å². The lowest BCUT2D eigenvalue weighted by Crippen LogP contribution is -2.30. The summed E-state index contributed by atoms with van der Waals surface area (Å²) in [4.78, 5) is 26.2. The van der Waals surface area contributed by atoms with Crippen LogP contribution < -0.4 is 16.7 Å². The van der Waals surface area contributed by atoms with Crippen LogP contribution in [0.15, 0.2) is 29.1 Å². The van der Waals surface area contributed by atoms with Crippen LogP contribution in [0.3, 0.4) is 0 Å². The summed E-state index contributed by atoms with van der Waals surface area (Å²) in [6.07, 6.45) is 1.08. The number of rotatable bonds is 6. The molecule has 1 atom stereocenters. The number of imidazole rings is 1. The Balaban J connectivity index is 0.00000220.